The fraction of sp³-hybridized carbons (Fsp3) is 0.444. The van der Waals surface area contributed by atoms with Crippen LogP contribution in [0.2, 0.25) is 0 Å². The van der Waals surface area contributed by atoms with E-state index in [1.165, 1.54) is 0 Å². The lowest BCUT2D eigenvalue weighted by Gasteiger charge is -1.91. The van der Waals surface area contributed by atoms with E-state index in [0.717, 1.165) is 24.8 Å². The predicted octanol–water partition coefficient (Wildman–Crippen LogP) is 2.24. The van der Waals surface area contributed by atoms with E-state index in [1.807, 2.05) is 13.0 Å². The number of ketones is 1. The number of hydrogen-bond acceptors (Lipinski definition) is 1. The van der Waals surface area contributed by atoms with Crippen molar-refractivity contribution in [3.63, 3.8) is 0 Å². The quantitative estimate of drug-likeness (QED) is 0.532. The maximum Gasteiger partial charge on any atom is 0.181 e. The van der Waals surface area contributed by atoms with Crippen molar-refractivity contribution in [2.75, 3.05) is 0 Å². The maximum absolute atomic E-state index is 11.1. The number of carbonyl (C=O) groups excluding carboxylic acids is 1. The molecule has 54 valence electrons. The van der Waals surface area contributed by atoms with Gasteiger partial charge in [0.25, 0.3) is 0 Å². The van der Waals surface area contributed by atoms with Gasteiger partial charge in [-0.2, -0.15) is 0 Å². The lowest BCUT2D eigenvalue weighted by Crippen LogP contribution is -1.94. The Morgan fingerprint density at radius 3 is 3.00 bits per heavy atom. The molecule has 0 amide bonds. The van der Waals surface area contributed by atoms with Gasteiger partial charge in [0, 0.05) is 0 Å². The van der Waals surface area contributed by atoms with Crippen molar-refractivity contribution in [2.24, 2.45) is 0 Å². The van der Waals surface area contributed by atoms with Gasteiger partial charge in [0.1, 0.15) is 0 Å². The van der Waals surface area contributed by atoms with E-state index in [9.17, 15) is 4.79 Å². The molecular formula is C9H12O. The average molecular weight is 136 g/mol. The summed E-state index contributed by atoms with van der Waals surface area (Å²) in [6.45, 7) is 1.87. The van der Waals surface area contributed by atoms with Gasteiger partial charge in [0.15, 0.2) is 5.78 Å². The maximum atomic E-state index is 11.1. The fourth-order valence-electron chi connectivity index (χ4n) is 1.15. The zero-order valence-corrected chi connectivity index (χ0v) is 6.26. The molecule has 1 aliphatic carbocycles. The zero-order chi connectivity index (χ0) is 7.40. The Morgan fingerprint density at radius 2 is 2.50 bits per heavy atom. The summed E-state index contributed by atoms with van der Waals surface area (Å²) in [7, 11) is 0. The van der Waals surface area contributed by atoms with Crippen LogP contribution in [-0.4, -0.2) is 5.78 Å². The number of carbonyl (C=O) groups is 1. The molecule has 1 heteroatoms. The minimum absolute atomic E-state index is 0.194. The van der Waals surface area contributed by atoms with Gasteiger partial charge in [-0.3, -0.25) is 4.79 Å². The summed E-state index contributed by atoms with van der Waals surface area (Å²) in [5.41, 5.74) is 0.998. The Morgan fingerprint density at radius 1 is 1.70 bits per heavy atom. The monoisotopic (exact) mass is 136 g/mol. The molecule has 0 unspecified atom stereocenters. The summed E-state index contributed by atoms with van der Waals surface area (Å²) in [4.78, 5) is 11.1. The van der Waals surface area contributed by atoms with Gasteiger partial charge in [0.05, 0.1) is 0 Å². The van der Waals surface area contributed by atoms with E-state index >= 15 is 0 Å². The van der Waals surface area contributed by atoms with Crippen LogP contribution in [0.25, 0.3) is 0 Å². The van der Waals surface area contributed by atoms with Crippen LogP contribution in [0.3, 0.4) is 0 Å². The molecule has 0 fully saturated rings. The summed E-state index contributed by atoms with van der Waals surface area (Å²) < 4.78 is 0. The first-order chi connectivity index (χ1) is 4.84. The average Bonchev–Trinajstić information content (AvgIpc) is 2.38. The zero-order valence-electron chi connectivity index (χ0n) is 6.26. The fourth-order valence-corrected chi connectivity index (χ4v) is 1.15. The molecule has 10 heavy (non-hydrogen) atoms. The number of allylic oxidation sites excluding steroid dienone is 4. The Balaban J connectivity index is 2.56. The molecule has 0 bridgehead atoms. The molecular weight excluding hydrogens is 124 g/mol. The largest absolute Gasteiger partial charge is 0.290 e. The van der Waals surface area contributed by atoms with Crippen molar-refractivity contribution >= 4 is 5.78 Å². The Bertz CT molecular complexity index is 187. The first-order valence-electron chi connectivity index (χ1n) is 3.70. The topological polar surface area (TPSA) is 17.1 Å². The van der Waals surface area contributed by atoms with Gasteiger partial charge in [-0.1, -0.05) is 12.2 Å². The summed E-state index contributed by atoms with van der Waals surface area (Å²) in [5, 5.41) is 0. The number of rotatable bonds is 2. The highest BCUT2D eigenvalue weighted by molar-refractivity contribution is 6.04. The van der Waals surface area contributed by atoms with E-state index in [2.05, 4.69) is 0 Å². The molecule has 0 spiro atoms. The van der Waals surface area contributed by atoms with Gasteiger partial charge >= 0.3 is 0 Å². The highest BCUT2D eigenvalue weighted by Crippen LogP contribution is 2.18. The highest BCUT2D eigenvalue weighted by Gasteiger charge is 2.09. The van der Waals surface area contributed by atoms with Crippen molar-refractivity contribution in [1.29, 1.82) is 0 Å². The molecule has 0 aromatic heterocycles. The summed E-state index contributed by atoms with van der Waals surface area (Å²) in [6.07, 6.45) is 8.68. The van der Waals surface area contributed by atoms with Crippen LogP contribution in [-0.2, 0) is 4.79 Å². The molecule has 0 aromatic carbocycles. The lowest BCUT2D eigenvalue weighted by atomic mass is 10.1. The smallest absolute Gasteiger partial charge is 0.181 e. The van der Waals surface area contributed by atoms with E-state index in [4.69, 9.17) is 0 Å². The third kappa shape index (κ3) is 1.56. The van der Waals surface area contributed by atoms with Crippen molar-refractivity contribution in [3.05, 3.63) is 23.8 Å². The van der Waals surface area contributed by atoms with E-state index in [-0.39, 0.29) is 5.78 Å². The van der Waals surface area contributed by atoms with Gasteiger partial charge in [0.2, 0.25) is 0 Å². The summed E-state index contributed by atoms with van der Waals surface area (Å²) in [6, 6.07) is 0. The molecule has 0 aliphatic heterocycles. The third-order valence-electron chi connectivity index (χ3n) is 1.68. The molecule has 0 aromatic rings. The molecule has 1 aliphatic rings. The second-order valence-electron chi connectivity index (χ2n) is 2.49. The predicted molar refractivity (Wildman–Crippen MR) is 41.8 cm³/mol. The summed E-state index contributed by atoms with van der Waals surface area (Å²) in [5.74, 6) is 0.194. The molecule has 1 nitrogen and oxygen atoms in total. The first-order valence-corrected chi connectivity index (χ1v) is 3.70. The molecule has 0 saturated carbocycles. The van der Waals surface area contributed by atoms with Crippen LogP contribution in [0.1, 0.15) is 26.2 Å². The van der Waals surface area contributed by atoms with Crippen LogP contribution < -0.4 is 0 Å². The minimum atomic E-state index is 0.194. The normalized spacial score (nSPS) is 17.9. The van der Waals surface area contributed by atoms with Crippen molar-refractivity contribution in [3.8, 4) is 0 Å². The van der Waals surface area contributed by atoms with E-state index < -0.39 is 0 Å². The third-order valence-corrected chi connectivity index (χ3v) is 1.68. The van der Waals surface area contributed by atoms with Crippen LogP contribution in [0, 0.1) is 0 Å². The van der Waals surface area contributed by atoms with Crippen molar-refractivity contribution < 1.29 is 4.79 Å². The molecule has 0 saturated heterocycles. The minimum Gasteiger partial charge on any atom is -0.290 e. The Hall–Kier alpha value is -0.850. The standard InChI is InChI=1S/C9H12O/c1-2-5-9(10)8-6-3-4-7-8/h2,5-6H,3-4,7H2,1H3/b5-2+. The summed E-state index contributed by atoms with van der Waals surface area (Å²) >= 11 is 0. The SMILES string of the molecule is C/C=C/C(=O)C1=CCCC1. The van der Waals surface area contributed by atoms with Crippen LogP contribution in [0.15, 0.2) is 23.8 Å². The molecule has 0 heterocycles. The van der Waals surface area contributed by atoms with E-state index in [0.29, 0.717) is 0 Å². The Kier molecular flexibility index (Phi) is 2.43. The second kappa shape index (κ2) is 3.35. The van der Waals surface area contributed by atoms with E-state index in [1.54, 1.807) is 12.2 Å². The first kappa shape index (κ1) is 7.26. The van der Waals surface area contributed by atoms with Crippen LogP contribution in [0.4, 0.5) is 0 Å². The van der Waals surface area contributed by atoms with Gasteiger partial charge in [-0.05, 0) is 37.8 Å². The molecule has 0 radical (unpaired) electrons. The van der Waals surface area contributed by atoms with Gasteiger partial charge < -0.3 is 0 Å². The van der Waals surface area contributed by atoms with Gasteiger partial charge in [-0.15, -0.1) is 0 Å². The van der Waals surface area contributed by atoms with Crippen LogP contribution in [0.5, 0.6) is 0 Å². The van der Waals surface area contributed by atoms with Crippen LogP contribution >= 0.6 is 0 Å². The highest BCUT2D eigenvalue weighted by atomic mass is 16.1. The molecule has 1 rings (SSSR count). The lowest BCUT2D eigenvalue weighted by molar-refractivity contribution is -0.111. The molecule has 0 atom stereocenters. The molecule has 0 N–H and O–H groups in total. The van der Waals surface area contributed by atoms with Crippen molar-refractivity contribution in [1.82, 2.24) is 0 Å². The van der Waals surface area contributed by atoms with Gasteiger partial charge in [-0.25, -0.2) is 0 Å². The van der Waals surface area contributed by atoms with Crippen molar-refractivity contribution in [2.45, 2.75) is 26.2 Å². The second-order valence-corrected chi connectivity index (χ2v) is 2.49. The Labute approximate surface area is 61.4 Å². The number of hydrogen-bond donors (Lipinski definition) is 0.